The smallest absolute Gasteiger partial charge is 0.261 e. The van der Waals surface area contributed by atoms with E-state index in [0.717, 1.165) is 11.1 Å². The topological polar surface area (TPSA) is 98.8 Å². The van der Waals surface area contributed by atoms with Gasteiger partial charge in [0, 0.05) is 24.7 Å². The Kier molecular flexibility index (Phi) is 5.44. The first kappa shape index (κ1) is 21.6. The Morgan fingerprint density at radius 2 is 2.00 bits per heavy atom. The van der Waals surface area contributed by atoms with Crippen LogP contribution in [0.25, 0.3) is 0 Å². The van der Waals surface area contributed by atoms with Gasteiger partial charge < -0.3 is 20.4 Å². The number of rotatable bonds is 3. The molecule has 1 aromatic heterocycles. The summed E-state index contributed by atoms with van der Waals surface area (Å²) >= 11 is 1.34. The van der Waals surface area contributed by atoms with Crippen molar-refractivity contribution in [3.05, 3.63) is 57.3 Å². The predicted molar refractivity (Wildman–Crippen MR) is 123 cm³/mol. The third-order valence-electron chi connectivity index (χ3n) is 6.83. The molecule has 0 aliphatic carbocycles. The number of benzene rings is 1. The summed E-state index contributed by atoms with van der Waals surface area (Å²) in [6.07, 6.45) is 0.900. The van der Waals surface area contributed by atoms with E-state index in [4.69, 9.17) is 0 Å². The van der Waals surface area contributed by atoms with Crippen molar-refractivity contribution < 1.29 is 19.2 Å². The van der Waals surface area contributed by atoms with E-state index in [-0.39, 0.29) is 36.2 Å². The number of fused-ring (bicyclic) bond motifs is 2. The van der Waals surface area contributed by atoms with Gasteiger partial charge in [-0.1, -0.05) is 23.8 Å². The first-order chi connectivity index (χ1) is 15.8. The van der Waals surface area contributed by atoms with Crippen LogP contribution in [0.5, 0.6) is 0 Å². The van der Waals surface area contributed by atoms with E-state index in [1.165, 1.54) is 11.3 Å². The van der Waals surface area contributed by atoms with Crippen molar-refractivity contribution in [3.63, 3.8) is 0 Å². The Morgan fingerprint density at radius 3 is 2.76 bits per heavy atom. The summed E-state index contributed by atoms with van der Waals surface area (Å²) in [6, 6.07) is 7.15. The van der Waals surface area contributed by atoms with Gasteiger partial charge in [-0.3, -0.25) is 19.2 Å². The molecule has 8 nitrogen and oxygen atoms in total. The number of carbonyl (C=O) groups excluding carboxylic acids is 4. The highest BCUT2D eigenvalue weighted by Gasteiger charge is 2.52. The van der Waals surface area contributed by atoms with Crippen molar-refractivity contribution in [1.29, 1.82) is 0 Å². The minimum absolute atomic E-state index is 0.188. The molecular weight excluding hydrogens is 440 g/mol. The van der Waals surface area contributed by atoms with E-state index in [9.17, 15) is 19.2 Å². The lowest BCUT2D eigenvalue weighted by molar-refractivity contribution is -0.138. The van der Waals surface area contributed by atoms with Crippen LogP contribution in [0.2, 0.25) is 0 Å². The number of amides is 4. The van der Waals surface area contributed by atoms with Crippen molar-refractivity contribution in [2.75, 3.05) is 13.1 Å². The summed E-state index contributed by atoms with van der Waals surface area (Å²) < 4.78 is 0. The highest BCUT2D eigenvalue weighted by molar-refractivity contribution is 7.12. The Bertz CT molecular complexity index is 1130. The summed E-state index contributed by atoms with van der Waals surface area (Å²) in [5.74, 6) is -0.838. The summed E-state index contributed by atoms with van der Waals surface area (Å²) in [5, 5.41) is 7.78. The number of hydrogen-bond acceptors (Lipinski definition) is 5. The zero-order chi connectivity index (χ0) is 23.3. The summed E-state index contributed by atoms with van der Waals surface area (Å²) in [5.41, 5.74) is 2.41. The lowest BCUT2D eigenvalue weighted by Crippen LogP contribution is -2.52. The second-order valence-electron chi connectivity index (χ2n) is 9.06. The fourth-order valence-corrected chi connectivity index (χ4v) is 5.77. The molecule has 3 aliphatic heterocycles. The number of carbonyl (C=O) groups is 4. The summed E-state index contributed by atoms with van der Waals surface area (Å²) in [6.45, 7) is 4.47. The van der Waals surface area contributed by atoms with Gasteiger partial charge in [0.2, 0.25) is 11.8 Å². The van der Waals surface area contributed by atoms with Crippen LogP contribution in [-0.2, 0) is 9.59 Å². The first-order valence-corrected chi connectivity index (χ1v) is 12.0. The van der Waals surface area contributed by atoms with E-state index in [2.05, 4.69) is 10.6 Å². The van der Waals surface area contributed by atoms with Gasteiger partial charge in [-0.25, -0.2) is 0 Å². The van der Waals surface area contributed by atoms with Crippen molar-refractivity contribution in [3.8, 4) is 0 Å². The van der Waals surface area contributed by atoms with Crippen LogP contribution in [0.3, 0.4) is 0 Å². The van der Waals surface area contributed by atoms with E-state index >= 15 is 0 Å². The fourth-order valence-electron chi connectivity index (χ4n) is 5.14. The van der Waals surface area contributed by atoms with Crippen molar-refractivity contribution >= 4 is 35.0 Å². The molecule has 0 bridgehead atoms. The molecule has 0 radical (unpaired) electrons. The quantitative estimate of drug-likeness (QED) is 0.716. The van der Waals surface area contributed by atoms with Crippen LogP contribution < -0.4 is 10.6 Å². The highest BCUT2D eigenvalue weighted by atomic mass is 32.1. The van der Waals surface area contributed by atoms with Crippen LogP contribution in [0.1, 0.15) is 44.0 Å². The van der Waals surface area contributed by atoms with Gasteiger partial charge >= 0.3 is 0 Å². The molecule has 1 aromatic carbocycles. The van der Waals surface area contributed by atoms with Gasteiger partial charge in [-0.05, 0) is 49.8 Å². The molecular formula is C24H26N4O4S. The Morgan fingerprint density at radius 1 is 1.18 bits per heavy atom. The van der Waals surface area contributed by atoms with Crippen molar-refractivity contribution in [2.24, 2.45) is 0 Å². The molecule has 0 unspecified atom stereocenters. The maximum atomic E-state index is 13.6. The second kappa shape index (κ2) is 8.30. The number of aryl methyl sites for hydroxylation is 2. The minimum Gasteiger partial charge on any atom is -0.349 e. The Hall–Kier alpha value is -3.20. The standard InChI is InChI=1S/C24H26N4O4S/c1-13-5-6-14(2)16(10-13)23(31)27-8-7-17-20(27)24(32)28-12-15(11-18(28)21(29)26-17)25-22(30)19-4-3-9-33-19/h3-6,9-10,15,17-18,20H,7-8,11-12H2,1-2H3,(H,25,30)(H,26,29)/t15-,17+,18+,20-/m0/s1. The monoisotopic (exact) mass is 466 g/mol. The molecule has 2 N–H and O–H groups in total. The molecule has 4 heterocycles. The largest absolute Gasteiger partial charge is 0.349 e. The molecule has 172 valence electrons. The van der Waals surface area contributed by atoms with Gasteiger partial charge in [0.05, 0.1) is 10.9 Å². The maximum absolute atomic E-state index is 13.6. The number of hydrogen-bond donors (Lipinski definition) is 2. The van der Waals surface area contributed by atoms with Gasteiger partial charge in [0.25, 0.3) is 11.8 Å². The van der Waals surface area contributed by atoms with Crippen molar-refractivity contribution in [2.45, 2.75) is 50.9 Å². The van der Waals surface area contributed by atoms with E-state index in [1.54, 1.807) is 21.9 Å². The maximum Gasteiger partial charge on any atom is 0.261 e. The number of nitrogens with zero attached hydrogens (tertiary/aromatic N) is 2. The average Bonchev–Trinajstić information content (AvgIpc) is 3.53. The molecule has 9 heteroatoms. The Balaban J connectivity index is 1.37. The number of thiophene rings is 1. The van der Waals surface area contributed by atoms with E-state index in [1.807, 2.05) is 37.4 Å². The normalized spacial score (nSPS) is 26.5. The van der Waals surface area contributed by atoms with Gasteiger partial charge in [-0.15, -0.1) is 11.3 Å². The van der Waals surface area contributed by atoms with Gasteiger partial charge in [0.15, 0.2) is 0 Å². The number of likely N-dealkylation sites (tertiary alicyclic amines) is 1. The zero-order valence-corrected chi connectivity index (χ0v) is 19.4. The first-order valence-electron chi connectivity index (χ1n) is 11.2. The summed E-state index contributed by atoms with van der Waals surface area (Å²) in [7, 11) is 0. The molecule has 3 saturated heterocycles. The SMILES string of the molecule is Cc1ccc(C)c(C(=O)N2CC[C@H]3NC(=O)[C@H]4C[C@H](NC(=O)c5cccs5)CN4C(=O)[C@H]32)c1. The average molecular weight is 467 g/mol. The Labute approximate surface area is 195 Å². The van der Waals surface area contributed by atoms with E-state index in [0.29, 0.717) is 29.8 Å². The van der Waals surface area contributed by atoms with Gasteiger partial charge in [0.1, 0.15) is 12.1 Å². The fraction of sp³-hybridized carbons (Fsp3) is 0.417. The van der Waals surface area contributed by atoms with Crippen LogP contribution in [-0.4, -0.2) is 70.7 Å². The lowest BCUT2D eigenvalue weighted by atomic mass is 10.0. The van der Waals surface area contributed by atoms with Gasteiger partial charge in [-0.2, -0.15) is 0 Å². The van der Waals surface area contributed by atoms with Crippen LogP contribution in [0.15, 0.2) is 35.7 Å². The van der Waals surface area contributed by atoms with E-state index < -0.39 is 18.1 Å². The lowest BCUT2D eigenvalue weighted by Gasteiger charge is -2.29. The highest BCUT2D eigenvalue weighted by Crippen LogP contribution is 2.30. The molecule has 3 aliphatic rings. The summed E-state index contributed by atoms with van der Waals surface area (Å²) in [4.78, 5) is 56.3. The molecule has 3 fully saturated rings. The molecule has 0 saturated carbocycles. The third kappa shape index (κ3) is 3.80. The molecule has 5 rings (SSSR count). The van der Waals surface area contributed by atoms with Crippen LogP contribution in [0.4, 0.5) is 0 Å². The van der Waals surface area contributed by atoms with Crippen LogP contribution in [0, 0.1) is 13.8 Å². The number of nitrogens with one attached hydrogen (secondary N) is 2. The van der Waals surface area contributed by atoms with Crippen molar-refractivity contribution in [1.82, 2.24) is 20.4 Å². The molecule has 2 aromatic rings. The molecule has 33 heavy (non-hydrogen) atoms. The molecule has 4 atom stereocenters. The minimum atomic E-state index is -0.738. The van der Waals surface area contributed by atoms with Crippen LogP contribution >= 0.6 is 11.3 Å². The molecule has 0 spiro atoms. The zero-order valence-electron chi connectivity index (χ0n) is 18.5. The molecule has 4 amide bonds. The second-order valence-corrected chi connectivity index (χ2v) is 10.0. The predicted octanol–water partition coefficient (Wildman–Crippen LogP) is 1.48. The third-order valence-corrected chi connectivity index (χ3v) is 7.70.